The average molecular weight is 352 g/mol. The zero-order valence-corrected chi connectivity index (χ0v) is 14.5. The minimum absolute atomic E-state index is 0.438. The SMILES string of the molecule is CC(NC1CCCOc2cc(Br)ccc21)C1CCCCC1. The molecule has 1 aliphatic carbocycles. The van der Waals surface area contributed by atoms with Gasteiger partial charge in [0.1, 0.15) is 5.75 Å². The number of fused-ring (bicyclic) bond motifs is 1. The van der Waals surface area contributed by atoms with Gasteiger partial charge in [-0.25, -0.2) is 0 Å². The molecule has 2 nitrogen and oxygen atoms in total. The molecule has 0 aromatic heterocycles. The van der Waals surface area contributed by atoms with E-state index in [0.29, 0.717) is 12.1 Å². The highest BCUT2D eigenvalue weighted by Crippen LogP contribution is 2.35. The number of nitrogens with one attached hydrogen (secondary N) is 1. The van der Waals surface area contributed by atoms with E-state index >= 15 is 0 Å². The van der Waals surface area contributed by atoms with Crippen LogP contribution in [-0.4, -0.2) is 12.6 Å². The first kappa shape index (κ1) is 15.4. The van der Waals surface area contributed by atoms with Crippen LogP contribution in [0.25, 0.3) is 0 Å². The Morgan fingerprint density at radius 2 is 1.95 bits per heavy atom. The first-order chi connectivity index (χ1) is 10.2. The second-order valence-corrected chi connectivity index (χ2v) is 7.49. The van der Waals surface area contributed by atoms with Gasteiger partial charge in [0.05, 0.1) is 6.61 Å². The van der Waals surface area contributed by atoms with Crippen molar-refractivity contribution in [2.24, 2.45) is 5.92 Å². The standard InChI is InChI=1S/C18H26BrNO/c1-13(14-6-3-2-4-7-14)20-17-8-5-11-21-18-12-15(19)9-10-16(17)18/h9-10,12-14,17,20H,2-8,11H2,1H3. The maximum absolute atomic E-state index is 5.92. The van der Waals surface area contributed by atoms with E-state index in [0.717, 1.165) is 29.2 Å². The number of ether oxygens (including phenoxy) is 1. The predicted octanol–water partition coefficient (Wildman–Crippen LogP) is 5.22. The van der Waals surface area contributed by atoms with E-state index in [1.807, 2.05) is 0 Å². The summed E-state index contributed by atoms with van der Waals surface area (Å²) in [6.45, 7) is 3.21. The molecule has 1 N–H and O–H groups in total. The third-order valence-corrected chi connectivity index (χ3v) is 5.56. The number of rotatable bonds is 3. The number of hydrogen-bond acceptors (Lipinski definition) is 2. The lowest BCUT2D eigenvalue weighted by atomic mass is 9.84. The van der Waals surface area contributed by atoms with E-state index in [9.17, 15) is 0 Å². The zero-order chi connectivity index (χ0) is 14.7. The van der Waals surface area contributed by atoms with Crippen molar-refractivity contribution in [3.8, 4) is 5.75 Å². The van der Waals surface area contributed by atoms with Crippen LogP contribution in [0.15, 0.2) is 22.7 Å². The summed E-state index contributed by atoms with van der Waals surface area (Å²) in [5.41, 5.74) is 1.33. The minimum Gasteiger partial charge on any atom is -0.493 e. The van der Waals surface area contributed by atoms with E-state index in [1.54, 1.807) is 0 Å². The van der Waals surface area contributed by atoms with E-state index in [2.05, 4.69) is 46.4 Å². The molecule has 21 heavy (non-hydrogen) atoms. The third kappa shape index (κ3) is 3.81. The molecule has 2 aliphatic rings. The molecule has 1 saturated carbocycles. The summed E-state index contributed by atoms with van der Waals surface area (Å²) in [7, 11) is 0. The van der Waals surface area contributed by atoms with Crippen molar-refractivity contribution in [3.63, 3.8) is 0 Å². The van der Waals surface area contributed by atoms with Gasteiger partial charge in [-0.1, -0.05) is 41.3 Å². The summed E-state index contributed by atoms with van der Waals surface area (Å²) in [6, 6.07) is 7.50. The van der Waals surface area contributed by atoms with Crippen molar-refractivity contribution in [2.75, 3.05) is 6.61 Å². The number of halogens is 1. The molecule has 2 unspecified atom stereocenters. The molecule has 3 rings (SSSR count). The lowest BCUT2D eigenvalue weighted by molar-refractivity contribution is 0.259. The van der Waals surface area contributed by atoms with Gasteiger partial charge in [-0.2, -0.15) is 0 Å². The van der Waals surface area contributed by atoms with Gasteiger partial charge in [0.15, 0.2) is 0 Å². The Morgan fingerprint density at radius 1 is 1.14 bits per heavy atom. The van der Waals surface area contributed by atoms with Gasteiger partial charge in [-0.3, -0.25) is 0 Å². The topological polar surface area (TPSA) is 21.3 Å². The molecule has 2 atom stereocenters. The Kier molecular flexibility index (Phi) is 5.23. The van der Waals surface area contributed by atoms with Crippen molar-refractivity contribution in [3.05, 3.63) is 28.2 Å². The molecule has 116 valence electrons. The molecule has 3 heteroatoms. The van der Waals surface area contributed by atoms with Crippen molar-refractivity contribution >= 4 is 15.9 Å². The van der Waals surface area contributed by atoms with Gasteiger partial charge in [-0.15, -0.1) is 0 Å². The molecule has 1 aromatic carbocycles. The van der Waals surface area contributed by atoms with Crippen LogP contribution in [0, 0.1) is 5.92 Å². The quantitative estimate of drug-likeness (QED) is 0.805. The highest BCUT2D eigenvalue weighted by atomic mass is 79.9. The largest absolute Gasteiger partial charge is 0.493 e. The molecule has 1 aromatic rings. The maximum Gasteiger partial charge on any atom is 0.125 e. The molecule has 0 bridgehead atoms. The van der Waals surface area contributed by atoms with Gasteiger partial charge in [-0.05, 0) is 50.7 Å². The summed E-state index contributed by atoms with van der Waals surface area (Å²) in [6.07, 6.45) is 9.33. The van der Waals surface area contributed by atoms with Gasteiger partial charge < -0.3 is 10.1 Å². The van der Waals surface area contributed by atoms with Crippen molar-refractivity contribution < 1.29 is 4.74 Å². The summed E-state index contributed by atoms with van der Waals surface area (Å²) < 4.78 is 7.02. The van der Waals surface area contributed by atoms with Crippen molar-refractivity contribution in [2.45, 2.75) is 64.0 Å². The molecule has 0 spiro atoms. The normalized spacial score (nSPS) is 24.8. The van der Waals surface area contributed by atoms with Gasteiger partial charge in [0, 0.05) is 22.1 Å². The first-order valence-electron chi connectivity index (χ1n) is 8.42. The van der Waals surface area contributed by atoms with Gasteiger partial charge >= 0.3 is 0 Å². The van der Waals surface area contributed by atoms with E-state index in [4.69, 9.17) is 4.74 Å². The Bertz CT molecular complexity index is 470. The van der Waals surface area contributed by atoms with Crippen molar-refractivity contribution in [1.29, 1.82) is 0 Å². The molecular weight excluding hydrogens is 326 g/mol. The second kappa shape index (κ2) is 7.15. The Balaban J connectivity index is 1.72. The Labute approximate surface area is 136 Å². The third-order valence-electron chi connectivity index (χ3n) is 5.07. The molecule has 0 radical (unpaired) electrons. The fourth-order valence-electron chi connectivity index (χ4n) is 3.81. The van der Waals surface area contributed by atoms with Crippen LogP contribution in [0.4, 0.5) is 0 Å². The predicted molar refractivity (Wildman–Crippen MR) is 90.8 cm³/mol. The molecule has 0 amide bonds. The fraction of sp³-hybridized carbons (Fsp3) is 0.667. The Hall–Kier alpha value is -0.540. The highest BCUT2D eigenvalue weighted by Gasteiger charge is 2.25. The Morgan fingerprint density at radius 3 is 2.76 bits per heavy atom. The summed E-state index contributed by atoms with van der Waals surface area (Å²) in [4.78, 5) is 0. The maximum atomic E-state index is 5.92. The monoisotopic (exact) mass is 351 g/mol. The second-order valence-electron chi connectivity index (χ2n) is 6.58. The van der Waals surface area contributed by atoms with Gasteiger partial charge in [0.25, 0.3) is 0 Å². The van der Waals surface area contributed by atoms with E-state index in [-0.39, 0.29) is 0 Å². The minimum atomic E-state index is 0.438. The van der Waals surface area contributed by atoms with E-state index in [1.165, 1.54) is 44.1 Å². The average Bonchev–Trinajstić information content (AvgIpc) is 2.70. The molecule has 1 fully saturated rings. The van der Waals surface area contributed by atoms with Gasteiger partial charge in [0.2, 0.25) is 0 Å². The van der Waals surface area contributed by atoms with Crippen LogP contribution >= 0.6 is 15.9 Å². The number of benzene rings is 1. The van der Waals surface area contributed by atoms with Crippen LogP contribution in [0.2, 0.25) is 0 Å². The van der Waals surface area contributed by atoms with Crippen LogP contribution in [0.3, 0.4) is 0 Å². The van der Waals surface area contributed by atoms with Crippen LogP contribution < -0.4 is 10.1 Å². The molecule has 1 heterocycles. The summed E-state index contributed by atoms with van der Waals surface area (Å²) >= 11 is 3.55. The molecule has 1 aliphatic heterocycles. The first-order valence-corrected chi connectivity index (χ1v) is 9.21. The summed E-state index contributed by atoms with van der Waals surface area (Å²) in [5.74, 6) is 1.90. The number of hydrogen-bond donors (Lipinski definition) is 1. The van der Waals surface area contributed by atoms with Crippen molar-refractivity contribution in [1.82, 2.24) is 5.32 Å². The smallest absolute Gasteiger partial charge is 0.125 e. The van der Waals surface area contributed by atoms with Crippen LogP contribution in [0.1, 0.15) is 63.5 Å². The summed E-state index contributed by atoms with van der Waals surface area (Å²) in [5, 5.41) is 3.91. The fourth-order valence-corrected chi connectivity index (χ4v) is 4.15. The molecular formula is C18H26BrNO. The lowest BCUT2D eigenvalue weighted by Gasteiger charge is -2.32. The van der Waals surface area contributed by atoms with Crippen LogP contribution in [0.5, 0.6) is 5.75 Å². The molecule has 0 saturated heterocycles. The van der Waals surface area contributed by atoms with E-state index < -0.39 is 0 Å². The lowest BCUT2D eigenvalue weighted by Crippen LogP contribution is -2.37. The van der Waals surface area contributed by atoms with Crippen LogP contribution in [-0.2, 0) is 0 Å². The zero-order valence-electron chi connectivity index (χ0n) is 12.9. The highest BCUT2D eigenvalue weighted by molar-refractivity contribution is 9.10.